The SMILES string of the molecule is O=C([C@@H](O)CO)N1CC=C(c2c(F)cc(N3CC(COc4ccon4)OC3=O)cc2F)CC1. The van der Waals surface area contributed by atoms with Crippen LogP contribution in [0.15, 0.2) is 35.1 Å². The number of amides is 2. The summed E-state index contributed by atoms with van der Waals surface area (Å²) in [6, 6.07) is 3.59. The maximum absolute atomic E-state index is 14.9. The van der Waals surface area contributed by atoms with Gasteiger partial charge in [-0.1, -0.05) is 6.08 Å². The molecule has 0 spiro atoms. The number of hydrogen-bond donors (Lipinski definition) is 2. The van der Waals surface area contributed by atoms with Gasteiger partial charge in [0.2, 0.25) is 0 Å². The van der Waals surface area contributed by atoms with Gasteiger partial charge in [-0.3, -0.25) is 9.69 Å². The van der Waals surface area contributed by atoms with E-state index < -0.39 is 42.4 Å². The molecule has 0 aliphatic carbocycles. The van der Waals surface area contributed by atoms with Gasteiger partial charge in [0, 0.05) is 24.7 Å². The molecular weight excluding hydrogens is 444 g/mol. The largest absolute Gasteiger partial charge is 0.471 e. The second kappa shape index (κ2) is 9.55. The number of hydrogen-bond acceptors (Lipinski definition) is 8. The van der Waals surface area contributed by atoms with E-state index in [0.717, 1.165) is 17.0 Å². The van der Waals surface area contributed by atoms with Crippen molar-refractivity contribution in [3.8, 4) is 5.88 Å². The summed E-state index contributed by atoms with van der Waals surface area (Å²) in [5.74, 6) is -2.15. The van der Waals surface area contributed by atoms with E-state index in [1.807, 2.05) is 0 Å². The van der Waals surface area contributed by atoms with E-state index in [1.54, 1.807) is 0 Å². The summed E-state index contributed by atoms with van der Waals surface area (Å²) in [7, 11) is 0. The Morgan fingerprint density at radius 2 is 2.09 bits per heavy atom. The number of benzene rings is 1. The molecule has 2 aliphatic heterocycles. The number of carbonyl (C=O) groups is 2. The van der Waals surface area contributed by atoms with E-state index in [0.29, 0.717) is 5.57 Å². The second-order valence-corrected chi connectivity index (χ2v) is 7.51. The van der Waals surface area contributed by atoms with E-state index >= 15 is 0 Å². The summed E-state index contributed by atoms with van der Waals surface area (Å²) in [5.41, 5.74) is 0.121. The molecule has 33 heavy (non-hydrogen) atoms. The van der Waals surface area contributed by atoms with Gasteiger partial charge < -0.3 is 29.1 Å². The van der Waals surface area contributed by atoms with Crippen LogP contribution in [0.4, 0.5) is 19.3 Å². The van der Waals surface area contributed by atoms with Gasteiger partial charge in [-0.05, 0) is 29.3 Å². The lowest BCUT2D eigenvalue weighted by atomic mass is 9.97. The van der Waals surface area contributed by atoms with Crippen LogP contribution in [0.3, 0.4) is 0 Å². The van der Waals surface area contributed by atoms with Crippen molar-refractivity contribution < 1.29 is 42.6 Å². The Bertz CT molecular complexity index is 1040. The van der Waals surface area contributed by atoms with Crippen LogP contribution in [0.5, 0.6) is 5.88 Å². The summed E-state index contributed by atoms with van der Waals surface area (Å²) < 4.78 is 44.9. The van der Waals surface area contributed by atoms with Crippen LogP contribution in [0.2, 0.25) is 0 Å². The van der Waals surface area contributed by atoms with E-state index in [9.17, 15) is 23.5 Å². The third kappa shape index (κ3) is 4.81. The highest BCUT2D eigenvalue weighted by atomic mass is 19.1. The molecule has 176 valence electrons. The zero-order valence-corrected chi connectivity index (χ0v) is 17.3. The normalized spacial score (nSPS) is 19.3. The van der Waals surface area contributed by atoms with E-state index in [-0.39, 0.29) is 49.8 Å². The molecule has 2 aromatic rings. The number of aliphatic hydroxyl groups is 2. The van der Waals surface area contributed by atoms with Gasteiger partial charge in [0.15, 0.2) is 12.2 Å². The zero-order valence-electron chi connectivity index (χ0n) is 17.3. The fourth-order valence-corrected chi connectivity index (χ4v) is 3.68. The first kappa shape index (κ1) is 22.7. The van der Waals surface area contributed by atoms with Crippen LogP contribution in [0, 0.1) is 11.6 Å². The van der Waals surface area contributed by atoms with Crippen LogP contribution >= 0.6 is 0 Å². The molecule has 2 aliphatic rings. The minimum atomic E-state index is -1.53. The number of rotatable bonds is 7. The number of cyclic esters (lactones) is 1. The van der Waals surface area contributed by atoms with Gasteiger partial charge in [0.25, 0.3) is 11.8 Å². The quantitative estimate of drug-likeness (QED) is 0.627. The van der Waals surface area contributed by atoms with Gasteiger partial charge >= 0.3 is 6.09 Å². The molecule has 2 atom stereocenters. The molecule has 1 saturated heterocycles. The average molecular weight is 465 g/mol. The molecule has 1 aromatic carbocycles. The van der Waals surface area contributed by atoms with E-state index in [2.05, 4.69) is 9.68 Å². The van der Waals surface area contributed by atoms with Crippen molar-refractivity contribution in [2.45, 2.75) is 18.6 Å². The Morgan fingerprint density at radius 3 is 2.70 bits per heavy atom. The number of aliphatic hydroxyl groups excluding tert-OH is 2. The van der Waals surface area contributed by atoms with Crippen molar-refractivity contribution in [3.05, 3.63) is 47.7 Å². The molecule has 4 rings (SSSR count). The van der Waals surface area contributed by atoms with Crippen LogP contribution in [-0.4, -0.2) is 77.3 Å². The highest BCUT2D eigenvalue weighted by Crippen LogP contribution is 2.32. The number of aromatic nitrogens is 1. The fourth-order valence-electron chi connectivity index (χ4n) is 3.68. The molecule has 0 bridgehead atoms. The van der Waals surface area contributed by atoms with Crippen molar-refractivity contribution in [2.24, 2.45) is 0 Å². The summed E-state index contributed by atoms with van der Waals surface area (Å²) in [6.07, 6.45) is 0.0179. The molecule has 2 amide bonds. The predicted molar refractivity (Wildman–Crippen MR) is 108 cm³/mol. The van der Waals surface area contributed by atoms with Gasteiger partial charge in [-0.25, -0.2) is 13.6 Å². The highest BCUT2D eigenvalue weighted by molar-refractivity contribution is 5.90. The predicted octanol–water partition coefficient (Wildman–Crippen LogP) is 1.33. The maximum atomic E-state index is 14.9. The molecule has 1 aromatic heterocycles. The Balaban J connectivity index is 1.45. The topological polar surface area (TPSA) is 126 Å². The van der Waals surface area contributed by atoms with Crippen LogP contribution in [0.1, 0.15) is 12.0 Å². The van der Waals surface area contributed by atoms with Crippen LogP contribution in [0.25, 0.3) is 5.57 Å². The molecule has 1 fully saturated rings. The minimum Gasteiger partial charge on any atom is -0.471 e. The zero-order chi connectivity index (χ0) is 23.5. The molecular formula is C21H21F2N3O7. The minimum absolute atomic E-state index is 0.00182. The molecule has 12 heteroatoms. The van der Waals surface area contributed by atoms with E-state index in [4.69, 9.17) is 14.6 Å². The molecule has 0 radical (unpaired) electrons. The average Bonchev–Trinajstić information content (AvgIpc) is 3.46. The summed E-state index contributed by atoms with van der Waals surface area (Å²) in [6.45, 7) is -0.513. The number of nitrogens with zero attached hydrogens (tertiary/aromatic N) is 3. The second-order valence-electron chi connectivity index (χ2n) is 7.51. The van der Waals surface area contributed by atoms with Crippen molar-refractivity contribution in [2.75, 3.05) is 37.7 Å². The summed E-state index contributed by atoms with van der Waals surface area (Å²) in [4.78, 5) is 26.6. The summed E-state index contributed by atoms with van der Waals surface area (Å²) in [5, 5.41) is 21.9. The Labute approximate surface area is 186 Å². The first-order valence-corrected chi connectivity index (χ1v) is 10.1. The van der Waals surface area contributed by atoms with Crippen LogP contribution < -0.4 is 9.64 Å². The van der Waals surface area contributed by atoms with Gasteiger partial charge in [0.05, 0.1) is 18.8 Å². The standard InChI is InChI=1S/C21H21F2N3O7/c22-15-7-13(26-9-14(33-21(26)30)11-31-18-3-6-32-24-18)8-16(23)19(15)12-1-4-25(5-2-12)20(29)17(28)10-27/h1,3,6-8,14,17,27-28H,2,4-5,9-11H2/t14?,17-/m0/s1. The third-order valence-corrected chi connectivity index (χ3v) is 5.34. The lowest BCUT2D eigenvalue weighted by molar-refractivity contribution is -0.141. The number of anilines is 1. The molecule has 3 heterocycles. The molecule has 10 nitrogen and oxygen atoms in total. The Morgan fingerprint density at radius 1 is 1.33 bits per heavy atom. The fraction of sp³-hybridized carbons (Fsp3) is 0.381. The van der Waals surface area contributed by atoms with Crippen molar-refractivity contribution >= 4 is 23.3 Å². The molecule has 2 N–H and O–H groups in total. The van der Waals surface area contributed by atoms with Crippen molar-refractivity contribution in [1.82, 2.24) is 10.1 Å². The van der Waals surface area contributed by atoms with Gasteiger partial charge in [-0.15, -0.1) is 0 Å². The van der Waals surface area contributed by atoms with Gasteiger partial charge in [0.1, 0.15) is 24.5 Å². The summed E-state index contributed by atoms with van der Waals surface area (Å²) >= 11 is 0. The lowest BCUT2D eigenvalue weighted by Crippen LogP contribution is -2.42. The monoisotopic (exact) mass is 465 g/mol. The third-order valence-electron chi connectivity index (χ3n) is 5.34. The van der Waals surface area contributed by atoms with Crippen LogP contribution in [-0.2, 0) is 9.53 Å². The first-order valence-electron chi connectivity index (χ1n) is 10.1. The number of halogens is 2. The number of ether oxygens (including phenoxy) is 2. The first-order chi connectivity index (χ1) is 15.9. The smallest absolute Gasteiger partial charge is 0.414 e. The molecule has 0 saturated carbocycles. The van der Waals surface area contributed by atoms with Crippen molar-refractivity contribution in [3.63, 3.8) is 0 Å². The van der Waals surface area contributed by atoms with Gasteiger partial charge in [-0.2, -0.15) is 0 Å². The Kier molecular flexibility index (Phi) is 6.56. The number of carbonyl (C=O) groups excluding carboxylic acids is 2. The van der Waals surface area contributed by atoms with Crippen molar-refractivity contribution in [1.29, 1.82) is 0 Å². The highest BCUT2D eigenvalue weighted by Gasteiger charge is 2.34. The Hall–Kier alpha value is -3.51. The maximum Gasteiger partial charge on any atom is 0.414 e. The molecule has 1 unspecified atom stereocenters. The lowest BCUT2D eigenvalue weighted by Gasteiger charge is -2.28. The van der Waals surface area contributed by atoms with E-state index in [1.165, 1.54) is 23.3 Å².